The molecule has 1 aromatic rings. The fourth-order valence-electron chi connectivity index (χ4n) is 3.60. The number of hydrogen-bond acceptors (Lipinski definition) is 9. The molecule has 0 aliphatic carbocycles. The number of amides is 3. The van der Waals surface area contributed by atoms with Gasteiger partial charge in [-0.05, 0) is 24.7 Å². The van der Waals surface area contributed by atoms with Crippen molar-refractivity contribution in [1.29, 1.82) is 0 Å². The third kappa shape index (κ3) is 8.78. The van der Waals surface area contributed by atoms with E-state index in [1.54, 1.807) is 13.8 Å². The van der Waals surface area contributed by atoms with Crippen LogP contribution in [0, 0.1) is 11.8 Å². The molecule has 0 radical (unpaired) electrons. The van der Waals surface area contributed by atoms with E-state index >= 15 is 0 Å². The third-order valence-electron chi connectivity index (χ3n) is 5.37. The number of hydrazine groups is 1. The van der Waals surface area contributed by atoms with Crippen molar-refractivity contribution in [2.75, 3.05) is 19.7 Å². The first-order valence-corrected chi connectivity index (χ1v) is 11.8. The van der Waals surface area contributed by atoms with E-state index in [-0.39, 0.29) is 42.4 Å². The van der Waals surface area contributed by atoms with Gasteiger partial charge in [0.05, 0.1) is 12.2 Å². The van der Waals surface area contributed by atoms with Crippen molar-refractivity contribution in [2.24, 2.45) is 11.8 Å². The Morgan fingerprint density at radius 2 is 1.97 bits per heavy atom. The van der Waals surface area contributed by atoms with Crippen LogP contribution in [0.25, 0.3) is 0 Å². The predicted octanol–water partition coefficient (Wildman–Crippen LogP) is 0.589. The van der Waals surface area contributed by atoms with Gasteiger partial charge in [-0.3, -0.25) is 24.2 Å². The summed E-state index contributed by atoms with van der Waals surface area (Å²) in [7, 11) is 0. The van der Waals surface area contributed by atoms with Crippen molar-refractivity contribution >= 4 is 29.5 Å². The molecule has 3 amide bonds. The molecule has 35 heavy (non-hydrogen) atoms. The van der Waals surface area contributed by atoms with E-state index in [1.807, 2.05) is 13.8 Å². The molecule has 194 valence electrons. The van der Waals surface area contributed by atoms with Crippen LogP contribution in [0.15, 0.2) is 16.8 Å². The van der Waals surface area contributed by atoms with Crippen LogP contribution >= 0.6 is 0 Å². The van der Waals surface area contributed by atoms with Crippen LogP contribution in [-0.4, -0.2) is 71.4 Å². The van der Waals surface area contributed by atoms with Crippen LogP contribution in [0.2, 0.25) is 0 Å². The Hall–Kier alpha value is -3.28. The molecule has 3 N–H and O–H groups in total. The zero-order valence-electron chi connectivity index (χ0n) is 20.7. The van der Waals surface area contributed by atoms with E-state index in [0.29, 0.717) is 25.8 Å². The topological polar surface area (TPSA) is 160 Å². The maximum absolute atomic E-state index is 13.1. The number of aromatic nitrogens is 1. The van der Waals surface area contributed by atoms with Gasteiger partial charge in [-0.25, -0.2) is 10.2 Å². The third-order valence-corrected chi connectivity index (χ3v) is 5.37. The number of nitrogens with one attached hydrogen (secondary N) is 3. The molecule has 1 aromatic heterocycles. The second kappa shape index (κ2) is 13.6. The van der Waals surface area contributed by atoms with Crippen LogP contribution in [-0.2, 0) is 23.9 Å². The van der Waals surface area contributed by atoms with Gasteiger partial charge in [-0.2, -0.15) is 0 Å². The summed E-state index contributed by atoms with van der Waals surface area (Å²) < 4.78 is 9.67. The number of carbonyl (C=O) groups excluding carboxylic acids is 5. The maximum Gasteiger partial charge on any atom is 0.377 e. The lowest BCUT2D eigenvalue weighted by atomic mass is 9.98. The number of hydrogen-bond donors (Lipinski definition) is 3. The highest BCUT2D eigenvalue weighted by Gasteiger charge is 2.35. The second-order valence-electron chi connectivity index (χ2n) is 9.18. The molecule has 0 saturated carbocycles. The second-order valence-corrected chi connectivity index (χ2v) is 9.18. The molecule has 12 heteroatoms. The summed E-state index contributed by atoms with van der Waals surface area (Å²) in [6.45, 7) is 7.51. The van der Waals surface area contributed by atoms with Gasteiger partial charge < -0.3 is 19.9 Å². The minimum atomic E-state index is -0.917. The first kappa shape index (κ1) is 28.0. The monoisotopic (exact) mass is 493 g/mol. The molecule has 1 aliphatic heterocycles. The van der Waals surface area contributed by atoms with E-state index in [1.165, 1.54) is 17.3 Å². The van der Waals surface area contributed by atoms with Gasteiger partial charge in [0.15, 0.2) is 12.4 Å². The Balaban J connectivity index is 1.93. The molecule has 0 unspecified atom stereocenters. The van der Waals surface area contributed by atoms with Gasteiger partial charge in [0.25, 0.3) is 0 Å². The number of Topliss-reactive ketones (excluding diaryl/α,β-unsaturated/α-hetero) is 1. The molecule has 2 heterocycles. The molecule has 2 rings (SSSR count). The Labute approximate surface area is 204 Å². The summed E-state index contributed by atoms with van der Waals surface area (Å²) in [6.07, 6.45) is 2.77. The van der Waals surface area contributed by atoms with Crippen molar-refractivity contribution < 1.29 is 33.2 Å². The highest BCUT2D eigenvalue weighted by atomic mass is 16.6. The normalized spacial score (nSPS) is 16.6. The first-order chi connectivity index (χ1) is 16.6. The van der Waals surface area contributed by atoms with Crippen molar-refractivity contribution in [2.45, 2.75) is 65.5 Å². The summed E-state index contributed by atoms with van der Waals surface area (Å²) in [4.78, 5) is 62.2. The van der Waals surface area contributed by atoms with Gasteiger partial charge in [-0.1, -0.05) is 32.9 Å². The molecule has 1 aliphatic rings. The standard InChI is InChI=1S/C23H35N5O7/c1-14(2)12-19(30)24-10-8-20(31)28-16(6-5-9-25-28)22(32)27-21(15(3)4)17(29)13-34-23(33)18-7-11-26-35-18/h7,11,14-16,21,25H,5-6,8-10,12-13H2,1-4H3,(H,24,30)(H,27,32)/t16-,21+/m0/s1. The predicted molar refractivity (Wildman–Crippen MR) is 124 cm³/mol. The Bertz CT molecular complexity index is 885. The number of rotatable bonds is 12. The molecular weight excluding hydrogens is 458 g/mol. The molecule has 1 saturated heterocycles. The molecule has 0 bridgehead atoms. The first-order valence-electron chi connectivity index (χ1n) is 11.8. The highest BCUT2D eigenvalue weighted by Crippen LogP contribution is 2.14. The van der Waals surface area contributed by atoms with Crippen molar-refractivity contribution in [3.63, 3.8) is 0 Å². The van der Waals surface area contributed by atoms with Gasteiger partial charge >= 0.3 is 5.97 Å². The van der Waals surface area contributed by atoms with Crippen molar-refractivity contribution in [1.82, 2.24) is 26.2 Å². The lowest BCUT2D eigenvalue weighted by Crippen LogP contribution is -2.61. The van der Waals surface area contributed by atoms with Crippen molar-refractivity contribution in [3.8, 4) is 0 Å². The minimum Gasteiger partial charge on any atom is -0.452 e. The van der Waals surface area contributed by atoms with E-state index in [9.17, 15) is 24.0 Å². The molecule has 12 nitrogen and oxygen atoms in total. The molecule has 0 spiro atoms. The Kier molecular flexibility index (Phi) is 10.8. The summed E-state index contributed by atoms with van der Waals surface area (Å²) in [5, 5.41) is 10.1. The quantitative estimate of drug-likeness (QED) is 0.354. The van der Waals surface area contributed by atoms with Crippen molar-refractivity contribution in [3.05, 3.63) is 18.0 Å². The lowest BCUT2D eigenvalue weighted by molar-refractivity contribution is -0.147. The minimum absolute atomic E-state index is 0.0325. The fraction of sp³-hybridized carbons (Fsp3) is 0.652. The molecule has 0 aromatic carbocycles. The fourth-order valence-corrected chi connectivity index (χ4v) is 3.60. The van der Waals surface area contributed by atoms with Crippen LogP contribution in [0.3, 0.4) is 0 Å². The summed E-state index contributed by atoms with van der Waals surface area (Å²) >= 11 is 0. The van der Waals surface area contributed by atoms with Gasteiger partial charge in [-0.15, -0.1) is 0 Å². The smallest absolute Gasteiger partial charge is 0.377 e. The number of ketones is 1. The maximum atomic E-state index is 13.1. The number of carbonyl (C=O) groups is 5. The van der Waals surface area contributed by atoms with E-state index < -0.39 is 36.4 Å². The lowest BCUT2D eigenvalue weighted by Gasteiger charge is -2.36. The van der Waals surface area contributed by atoms with Gasteiger partial charge in [0, 0.05) is 32.0 Å². The van der Waals surface area contributed by atoms with E-state index in [2.05, 4.69) is 21.2 Å². The summed E-state index contributed by atoms with van der Waals surface area (Å²) in [5.41, 5.74) is 2.95. The number of nitrogens with zero attached hydrogens (tertiary/aromatic N) is 2. The van der Waals surface area contributed by atoms with E-state index in [0.717, 1.165) is 0 Å². The average molecular weight is 494 g/mol. The molecule has 1 fully saturated rings. The van der Waals surface area contributed by atoms with Gasteiger partial charge in [0.1, 0.15) is 6.04 Å². The highest BCUT2D eigenvalue weighted by molar-refractivity contribution is 5.95. The Morgan fingerprint density at radius 1 is 1.23 bits per heavy atom. The van der Waals surface area contributed by atoms with Crippen LogP contribution < -0.4 is 16.1 Å². The molecule has 2 atom stereocenters. The summed E-state index contributed by atoms with van der Waals surface area (Å²) in [6, 6.07) is -0.418. The van der Waals surface area contributed by atoms with Crippen LogP contribution in [0.4, 0.5) is 0 Å². The van der Waals surface area contributed by atoms with Gasteiger partial charge in [0.2, 0.25) is 23.5 Å². The molecular formula is C23H35N5O7. The zero-order chi connectivity index (χ0) is 26.0. The summed E-state index contributed by atoms with van der Waals surface area (Å²) in [5.74, 6) is -2.47. The SMILES string of the molecule is CC(C)CC(=O)NCCC(=O)N1NCCC[C@H]1C(=O)N[C@@H](C(=O)COC(=O)c1ccno1)C(C)C. The average Bonchev–Trinajstić information content (AvgIpc) is 3.35. The zero-order valence-corrected chi connectivity index (χ0v) is 20.7. The largest absolute Gasteiger partial charge is 0.452 e. The van der Waals surface area contributed by atoms with Crippen LogP contribution in [0.1, 0.15) is 63.9 Å². The number of ether oxygens (including phenoxy) is 1. The van der Waals surface area contributed by atoms with E-state index in [4.69, 9.17) is 9.26 Å². The Morgan fingerprint density at radius 3 is 2.60 bits per heavy atom. The number of esters is 1. The van der Waals surface area contributed by atoms with Crippen LogP contribution in [0.5, 0.6) is 0 Å².